The molecule has 0 aliphatic carbocycles. The molecule has 0 radical (unpaired) electrons. The number of aliphatic carboxylic acids is 1. The Hall–Kier alpha value is -2.11. The van der Waals surface area contributed by atoms with Crippen LogP contribution in [0.3, 0.4) is 0 Å². The number of hydrogen-bond donors (Lipinski definition) is 2. The molecule has 2 rings (SSSR count). The van der Waals surface area contributed by atoms with Crippen LogP contribution in [-0.4, -0.2) is 44.7 Å². The molecule has 1 aromatic rings. The molecule has 1 fully saturated rings. The number of nitrogens with zero attached hydrogens (tertiary/aromatic N) is 1. The molecule has 0 spiro atoms. The second-order valence-corrected chi connectivity index (χ2v) is 5.51. The zero-order valence-corrected chi connectivity index (χ0v) is 12.3. The van der Waals surface area contributed by atoms with Crippen molar-refractivity contribution in [3.05, 3.63) is 23.5 Å². The molecule has 2 heterocycles. The van der Waals surface area contributed by atoms with Gasteiger partial charge in [0.25, 0.3) is 5.91 Å². The van der Waals surface area contributed by atoms with E-state index < -0.39 is 11.5 Å². The summed E-state index contributed by atoms with van der Waals surface area (Å²) >= 11 is 0. The van der Waals surface area contributed by atoms with Crippen molar-refractivity contribution in [3.63, 3.8) is 0 Å². The van der Waals surface area contributed by atoms with Gasteiger partial charge in [0, 0.05) is 18.3 Å². The molecule has 0 aromatic carbocycles. The van der Waals surface area contributed by atoms with E-state index in [-0.39, 0.29) is 17.4 Å². The highest BCUT2D eigenvalue weighted by molar-refractivity contribution is 6.00. The highest BCUT2D eigenvalue weighted by atomic mass is 16.4. The van der Waals surface area contributed by atoms with Crippen LogP contribution < -0.4 is 0 Å². The summed E-state index contributed by atoms with van der Waals surface area (Å²) in [5.41, 5.74) is -0.425. The number of carboxylic acid groups (broad SMARTS) is 1. The first kappa shape index (κ1) is 15.3. The van der Waals surface area contributed by atoms with Crippen molar-refractivity contribution in [2.24, 2.45) is 0 Å². The predicted molar refractivity (Wildman–Crippen MR) is 76.3 cm³/mol. The first-order valence-corrected chi connectivity index (χ1v) is 7.17. The highest BCUT2D eigenvalue weighted by Gasteiger charge is 2.49. The Kier molecular flexibility index (Phi) is 4.16. The molecule has 1 atom stereocenters. The maximum absolute atomic E-state index is 12.6. The third-order valence-electron chi connectivity index (χ3n) is 4.12. The van der Waals surface area contributed by atoms with E-state index in [1.54, 1.807) is 0 Å². The molecule has 1 saturated heterocycles. The largest absolute Gasteiger partial charge is 0.479 e. The number of Topliss-reactive ketones (excluding diaryl/α,β-unsaturated/α-hetero) is 1. The molecule has 1 amide bonds. The monoisotopic (exact) mass is 292 g/mol. The summed E-state index contributed by atoms with van der Waals surface area (Å²) in [7, 11) is 0. The molecule has 1 aromatic heterocycles. The van der Waals surface area contributed by atoms with Crippen molar-refractivity contribution in [1.29, 1.82) is 0 Å². The van der Waals surface area contributed by atoms with Gasteiger partial charge in [-0.2, -0.15) is 0 Å². The van der Waals surface area contributed by atoms with E-state index in [1.807, 2.05) is 6.92 Å². The third-order valence-corrected chi connectivity index (χ3v) is 4.12. The number of carbonyl (C=O) groups is 3. The average Bonchev–Trinajstić information content (AvgIpc) is 3.05. The van der Waals surface area contributed by atoms with Crippen LogP contribution in [0.5, 0.6) is 0 Å². The van der Waals surface area contributed by atoms with Gasteiger partial charge in [-0.25, -0.2) is 4.79 Å². The first-order valence-electron chi connectivity index (χ1n) is 7.17. The summed E-state index contributed by atoms with van der Waals surface area (Å²) < 4.78 is 0. The Labute approximate surface area is 123 Å². The van der Waals surface area contributed by atoms with Crippen LogP contribution in [-0.2, 0) is 4.79 Å². The maximum atomic E-state index is 12.6. The van der Waals surface area contributed by atoms with E-state index in [4.69, 9.17) is 0 Å². The summed E-state index contributed by atoms with van der Waals surface area (Å²) in [6.07, 6.45) is 3.77. The van der Waals surface area contributed by atoms with Crippen molar-refractivity contribution in [3.8, 4) is 0 Å². The van der Waals surface area contributed by atoms with Gasteiger partial charge in [-0.1, -0.05) is 13.3 Å². The lowest BCUT2D eigenvalue weighted by molar-refractivity contribution is -0.148. The fourth-order valence-electron chi connectivity index (χ4n) is 3.04. The zero-order valence-electron chi connectivity index (χ0n) is 12.3. The fraction of sp³-hybridized carbons (Fsp3) is 0.533. The van der Waals surface area contributed by atoms with Gasteiger partial charge >= 0.3 is 5.97 Å². The quantitative estimate of drug-likeness (QED) is 0.813. The number of H-pyrrole nitrogens is 1. The maximum Gasteiger partial charge on any atom is 0.329 e. The predicted octanol–water partition coefficient (Wildman–Crippen LogP) is 2.08. The summed E-state index contributed by atoms with van der Waals surface area (Å²) in [5.74, 6) is -1.44. The van der Waals surface area contributed by atoms with Crippen molar-refractivity contribution in [2.45, 2.75) is 45.1 Å². The minimum absolute atomic E-state index is 0.134. The molecule has 0 bridgehead atoms. The molecular weight excluding hydrogens is 272 g/mol. The Morgan fingerprint density at radius 1 is 1.43 bits per heavy atom. The van der Waals surface area contributed by atoms with E-state index in [0.717, 1.165) is 0 Å². The number of carboxylic acids is 1. The number of hydrogen-bond acceptors (Lipinski definition) is 3. The Morgan fingerprint density at radius 3 is 2.67 bits per heavy atom. The van der Waals surface area contributed by atoms with Crippen LogP contribution >= 0.6 is 0 Å². The lowest BCUT2D eigenvalue weighted by Gasteiger charge is -2.34. The number of carbonyl (C=O) groups excluding carboxylic acids is 2. The van der Waals surface area contributed by atoms with E-state index in [9.17, 15) is 19.5 Å². The van der Waals surface area contributed by atoms with Gasteiger partial charge in [0.15, 0.2) is 5.78 Å². The molecular formula is C15H20N2O4. The van der Waals surface area contributed by atoms with Gasteiger partial charge in [0.05, 0.1) is 0 Å². The number of likely N-dealkylation sites (tertiary alicyclic amines) is 1. The lowest BCUT2D eigenvalue weighted by Crippen LogP contribution is -2.53. The second-order valence-electron chi connectivity index (χ2n) is 5.51. The standard InChI is InChI=1S/C15H20N2O4/c1-3-5-15(14(20)21)6-4-7-17(15)13(19)12-8-11(9-16-12)10(2)18/h8-9,16H,3-7H2,1-2H3,(H,20,21). The first-order chi connectivity index (χ1) is 9.92. The molecule has 2 N–H and O–H groups in total. The van der Waals surface area contributed by atoms with Crippen LogP contribution in [0, 0.1) is 0 Å². The Morgan fingerprint density at radius 2 is 2.14 bits per heavy atom. The van der Waals surface area contributed by atoms with Crippen molar-refractivity contribution < 1.29 is 19.5 Å². The van der Waals surface area contributed by atoms with E-state index >= 15 is 0 Å². The number of aromatic amines is 1. The molecule has 6 heteroatoms. The number of amides is 1. The fourth-order valence-corrected chi connectivity index (χ4v) is 3.04. The molecule has 21 heavy (non-hydrogen) atoms. The van der Waals surface area contributed by atoms with E-state index in [2.05, 4.69) is 4.98 Å². The smallest absolute Gasteiger partial charge is 0.329 e. The normalized spacial score (nSPS) is 21.5. The molecule has 6 nitrogen and oxygen atoms in total. The highest BCUT2D eigenvalue weighted by Crippen LogP contribution is 2.35. The third kappa shape index (κ3) is 2.57. The van der Waals surface area contributed by atoms with Crippen LogP contribution in [0.1, 0.15) is 60.4 Å². The molecule has 114 valence electrons. The van der Waals surface area contributed by atoms with Crippen LogP contribution in [0.2, 0.25) is 0 Å². The van der Waals surface area contributed by atoms with Crippen molar-refractivity contribution in [2.75, 3.05) is 6.54 Å². The molecule has 1 unspecified atom stereocenters. The number of rotatable bonds is 5. The summed E-state index contributed by atoms with van der Waals surface area (Å²) in [5, 5.41) is 9.60. The molecule has 1 aliphatic heterocycles. The zero-order chi connectivity index (χ0) is 15.6. The van der Waals surface area contributed by atoms with Gasteiger partial charge in [-0.3, -0.25) is 9.59 Å². The SMILES string of the molecule is CCCC1(C(=O)O)CCCN1C(=O)c1cc(C(C)=O)c[nH]1. The van der Waals surface area contributed by atoms with Gasteiger partial charge in [0.1, 0.15) is 11.2 Å². The van der Waals surface area contributed by atoms with Gasteiger partial charge in [-0.15, -0.1) is 0 Å². The lowest BCUT2D eigenvalue weighted by atomic mass is 9.90. The van der Waals surface area contributed by atoms with Gasteiger partial charge < -0.3 is 15.0 Å². The van der Waals surface area contributed by atoms with Crippen LogP contribution in [0.4, 0.5) is 0 Å². The van der Waals surface area contributed by atoms with Crippen molar-refractivity contribution >= 4 is 17.7 Å². The van der Waals surface area contributed by atoms with Crippen LogP contribution in [0.15, 0.2) is 12.3 Å². The number of nitrogens with one attached hydrogen (secondary N) is 1. The summed E-state index contributed by atoms with van der Waals surface area (Å²) in [4.78, 5) is 39.8. The molecule has 0 saturated carbocycles. The topological polar surface area (TPSA) is 90.5 Å². The van der Waals surface area contributed by atoms with Crippen molar-refractivity contribution in [1.82, 2.24) is 9.88 Å². The number of aromatic nitrogens is 1. The molecule has 1 aliphatic rings. The Balaban J connectivity index is 2.31. The van der Waals surface area contributed by atoms with Gasteiger partial charge in [0.2, 0.25) is 0 Å². The van der Waals surface area contributed by atoms with E-state index in [1.165, 1.54) is 24.1 Å². The minimum Gasteiger partial charge on any atom is -0.479 e. The van der Waals surface area contributed by atoms with Gasteiger partial charge in [-0.05, 0) is 32.3 Å². The Bertz CT molecular complexity index is 578. The van der Waals surface area contributed by atoms with Crippen LogP contribution in [0.25, 0.3) is 0 Å². The second kappa shape index (κ2) is 5.71. The number of ketones is 1. The average molecular weight is 292 g/mol. The summed E-state index contributed by atoms with van der Waals surface area (Å²) in [6.45, 7) is 3.76. The summed E-state index contributed by atoms with van der Waals surface area (Å²) in [6, 6.07) is 1.49. The van der Waals surface area contributed by atoms with E-state index in [0.29, 0.717) is 37.8 Å². The minimum atomic E-state index is -1.12.